The van der Waals surface area contributed by atoms with Crippen molar-refractivity contribution >= 4 is 57.8 Å². The fourth-order valence-electron chi connectivity index (χ4n) is 4.33. The first-order chi connectivity index (χ1) is 14.6. The lowest BCUT2D eigenvalue weighted by molar-refractivity contribution is -0.115. The Morgan fingerprint density at radius 2 is 1.73 bits per heavy atom. The number of amidine groups is 1. The number of carbonyl (C=O) groups excluding carboxylic acids is 1. The van der Waals surface area contributed by atoms with E-state index >= 15 is 0 Å². The van der Waals surface area contributed by atoms with E-state index in [0.717, 1.165) is 41.1 Å². The summed E-state index contributed by atoms with van der Waals surface area (Å²) in [5, 5.41) is 9.10. The van der Waals surface area contributed by atoms with E-state index < -0.39 is 0 Å². The largest absolute Gasteiger partial charge is 0.272 e. The first-order valence-corrected chi connectivity index (χ1v) is 11.7. The van der Waals surface area contributed by atoms with E-state index in [1.165, 1.54) is 17.3 Å². The van der Waals surface area contributed by atoms with Gasteiger partial charge in [0.05, 0.1) is 17.5 Å². The Morgan fingerprint density at radius 1 is 1.03 bits per heavy atom. The molecule has 7 heteroatoms. The lowest BCUT2D eigenvalue weighted by Gasteiger charge is -2.30. The van der Waals surface area contributed by atoms with Gasteiger partial charge in [-0.25, -0.2) is 5.01 Å². The summed E-state index contributed by atoms with van der Waals surface area (Å²) in [6, 6.07) is 15.8. The minimum absolute atomic E-state index is 0.0170. The van der Waals surface area contributed by atoms with E-state index in [1.807, 2.05) is 41.4 Å². The molecule has 0 aromatic heterocycles. The summed E-state index contributed by atoms with van der Waals surface area (Å²) in [6.07, 6.45) is 5.34. The average molecular weight is 456 g/mol. The molecular weight excluding hydrogens is 437 g/mol. The molecule has 152 valence electrons. The molecule has 0 radical (unpaired) electrons. The van der Waals surface area contributed by atoms with Gasteiger partial charge in [-0.15, -0.1) is 0 Å². The van der Waals surface area contributed by atoms with Crippen molar-refractivity contribution in [2.45, 2.75) is 25.3 Å². The zero-order chi connectivity index (χ0) is 20.7. The maximum Gasteiger partial charge on any atom is 0.258 e. The van der Waals surface area contributed by atoms with Gasteiger partial charge in [-0.05, 0) is 66.3 Å². The van der Waals surface area contributed by atoms with E-state index in [4.69, 9.17) is 28.3 Å². The lowest BCUT2D eigenvalue weighted by atomic mass is 9.77. The van der Waals surface area contributed by atoms with E-state index in [-0.39, 0.29) is 17.9 Å². The van der Waals surface area contributed by atoms with Gasteiger partial charge >= 0.3 is 0 Å². The minimum atomic E-state index is -0.100. The number of hydrogen-bond donors (Lipinski definition) is 0. The summed E-state index contributed by atoms with van der Waals surface area (Å²) >= 11 is 13.6. The van der Waals surface area contributed by atoms with Crippen molar-refractivity contribution in [3.8, 4) is 0 Å². The highest BCUT2D eigenvalue weighted by Gasteiger charge is 2.44. The standard InChI is InChI=1S/C23H19Cl2N3OS/c24-17-8-4-14(5-9-17)12-16-2-1-3-19-21(16)27-28(23-26-20(29)13-30-23)22(19)15-6-10-18(25)11-7-15/h4-12,19,22H,1-3,13H2/b16-12-/t19-,22-/m0/s1. The van der Waals surface area contributed by atoms with Gasteiger partial charge in [-0.1, -0.05) is 59.2 Å². The number of hydrazone groups is 1. The molecule has 4 nitrogen and oxygen atoms in total. The van der Waals surface area contributed by atoms with Gasteiger partial charge in [0, 0.05) is 16.0 Å². The maximum absolute atomic E-state index is 11.8. The van der Waals surface area contributed by atoms with Gasteiger partial charge in [0.2, 0.25) is 0 Å². The molecule has 5 rings (SSSR count). The van der Waals surface area contributed by atoms with E-state index in [1.54, 1.807) is 0 Å². The number of thioether (sulfide) groups is 1. The highest BCUT2D eigenvalue weighted by molar-refractivity contribution is 8.14. The van der Waals surface area contributed by atoms with Crippen LogP contribution in [-0.2, 0) is 4.79 Å². The molecule has 3 aliphatic rings. The highest BCUT2D eigenvalue weighted by Crippen LogP contribution is 2.46. The number of hydrogen-bond acceptors (Lipinski definition) is 4. The second-order valence-electron chi connectivity index (χ2n) is 7.62. The van der Waals surface area contributed by atoms with Crippen molar-refractivity contribution in [2.75, 3.05) is 5.75 Å². The maximum atomic E-state index is 11.8. The number of allylic oxidation sites excluding steroid dienone is 1. The molecule has 2 atom stereocenters. The predicted molar refractivity (Wildman–Crippen MR) is 125 cm³/mol. The Labute approximate surface area is 189 Å². The second-order valence-corrected chi connectivity index (χ2v) is 9.44. The van der Waals surface area contributed by atoms with Crippen LogP contribution in [0.5, 0.6) is 0 Å². The smallest absolute Gasteiger partial charge is 0.258 e. The lowest BCUT2D eigenvalue weighted by Crippen LogP contribution is -2.30. The highest BCUT2D eigenvalue weighted by atomic mass is 35.5. The minimum Gasteiger partial charge on any atom is -0.272 e. The molecule has 30 heavy (non-hydrogen) atoms. The number of fused-ring (bicyclic) bond motifs is 1. The fraction of sp³-hybridized carbons (Fsp3) is 0.261. The van der Waals surface area contributed by atoms with E-state index in [0.29, 0.717) is 15.9 Å². The van der Waals surface area contributed by atoms with Crippen molar-refractivity contribution in [3.05, 3.63) is 75.3 Å². The van der Waals surface area contributed by atoms with Gasteiger partial charge in [0.15, 0.2) is 5.17 Å². The zero-order valence-corrected chi connectivity index (χ0v) is 18.4. The zero-order valence-electron chi connectivity index (χ0n) is 16.1. The summed E-state index contributed by atoms with van der Waals surface area (Å²) in [6.45, 7) is 0. The summed E-state index contributed by atoms with van der Waals surface area (Å²) in [5.74, 6) is 0.525. The molecule has 2 aromatic rings. The van der Waals surface area contributed by atoms with Crippen LogP contribution in [0.3, 0.4) is 0 Å². The quantitative estimate of drug-likeness (QED) is 0.539. The molecule has 1 amide bonds. The van der Waals surface area contributed by atoms with Crippen LogP contribution in [0.4, 0.5) is 0 Å². The van der Waals surface area contributed by atoms with Crippen LogP contribution in [-0.4, -0.2) is 27.5 Å². The molecule has 0 unspecified atom stereocenters. The van der Waals surface area contributed by atoms with Gasteiger partial charge < -0.3 is 0 Å². The topological polar surface area (TPSA) is 45.0 Å². The van der Waals surface area contributed by atoms with Gasteiger partial charge in [-0.3, -0.25) is 4.79 Å². The summed E-state index contributed by atoms with van der Waals surface area (Å²) < 4.78 is 0. The number of halogens is 2. The molecule has 2 aliphatic heterocycles. The van der Waals surface area contributed by atoms with Crippen LogP contribution in [0, 0.1) is 5.92 Å². The van der Waals surface area contributed by atoms with Gasteiger partial charge in [0.1, 0.15) is 0 Å². The summed E-state index contributed by atoms with van der Waals surface area (Å²) in [4.78, 5) is 16.1. The van der Waals surface area contributed by atoms with Crippen LogP contribution in [0.1, 0.15) is 36.4 Å². The number of nitrogens with zero attached hydrogens (tertiary/aromatic N) is 3. The Balaban J connectivity index is 1.56. The normalized spacial score (nSPS) is 24.8. The molecule has 0 saturated heterocycles. The summed E-state index contributed by atoms with van der Waals surface area (Å²) in [7, 11) is 0. The third-order valence-corrected chi connectivity index (χ3v) is 7.10. The van der Waals surface area contributed by atoms with Gasteiger partial charge in [0.25, 0.3) is 5.91 Å². The number of aliphatic imine (C=N–C) groups is 1. The van der Waals surface area contributed by atoms with Crippen LogP contribution >= 0.6 is 35.0 Å². The Morgan fingerprint density at radius 3 is 2.40 bits per heavy atom. The first kappa shape index (κ1) is 19.9. The van der Waals surface area contributed by atoms with Crippen molar-refractivity contribution < 1.29 is 4.79 Å². The average Bonchev–Trinajstić information content (AvgIpc) is 3.34. The van der Waals surface area contributed by atoms with Crippen molar-refractivity contribution in [3.63, 3.8) is 0 Å². The Hall–Kier alpha value is -2.08. The molecule has 1 saturated carbocycles. The van der Waals surface area contributed by atoms with Crippen molar-refractivity contribution in [1.29, 1.82) is 0 Å². The predicted octanol–water partition coefficient (Wildman–Crippen LogP) is 6.22. The third-order valence-electron chi connectivity index (χ3n) is 5.67. The molecular formula is C23H19Cl2N3OS. The molecule has 2 aromatic carbocycles. The molecule has 0 N–H and O–H groups in total. The Bertz CT molecular complexity index is 1080. The molecule has 1 fully saturated rings. The van der Waals surface area contributed by atoms with Crippen molar-refractivity contribution in [1.82, 2.24) is 5.01 Å². The number of amides is 1. The van der Waals surface area contributed by atoms with Crippen LogP contribution in [0.25, 0.3) is 6.08 Å². The van der Waals surface area contributed by atoms with E-state index in [2.05, 4.69) is 23.2 Å². The molecule has 1 aliphatic carbocycles. The van der Waals surface area contributed by atoms with Crippen LogP contribution < -0.4 is 0 Å². The monoisotopic (exact) mass is 455 g/mol. The Kier molecular flexibility index (Phi) is 5.44. The first-order valence-electron chi connectivity index (χ1n) is 9.92. The van der Waals surface area contributed by atoms with E-state index in [9.17, 15) is 4.79 Å². The third kappa shape index (κ3) is 3.82. The SMILES string of the molecule is O=C1CSC(N2N=C3/C(=C\c4ccc(Cl)cc4)CCC[C@@H]3[C@@H]2c2ccc(Cl)cc2)=N1. The fourth-order valence-corrected chi connectivity index (χ4v) is 5.35. The summed E-state index contributed by atoms with van der Waals surface area (Å²) in [5.41, 5.74) is 4.59. The van der Waals surface area contributed by atoms with Gasteiger partial charge in [-0.2, -0.15) is 10.1 Å². The molecule has 2 heterocycles. The van der Waals surface area contributed by atoms with Crippen molar-refractivity contribution in [2.24, 2.45) is 16.0 Å². The molecule has 0 bridgehead atoms. The number of rotatable bonds is 2. The number of benzene rings is 2. The second kappa shape index (κ2) is 8.22. The van der Waals surface area contributed by atoms with Crippen LogP contribution in [0.15, 0.2) is 64.2 Å². The number of carbonyl (C=O) groups is 1. The molecule has 0 spiro atoms. The van der Waals surface area contributed by atoms with Crippen LogP contribution in [0.2, 0.25) is 10.0 Å².